The molecule has 0 aromatic carbocycles. The Morgan fingerprint density at radius 2 is 2.23 bits per heavy atom. The first-order valence-electron chi connectivity index (χ1n) is 4.79. The Morgan fingerprint density at radius 1 is 1.46 bits per heavy atom. The molecule has 1 aromatic heterocycles. The summed E-state index contributed by atoms with van der Waals surface area (Å²) in [5, 5.41) is 7.99. The average Bonchev–Trinajstić information content (AvgIpc) is 2.74. The van der Waals surface area contributed by atoms with Crippen LogP contribution in [-0.2, 0) is 0 Å². The Morgan fingerprint density at radius 3 is 2.85 bits per heavy atom. The van der Waals surface area contributed by atoms with Crippen LogP contribution in [-0.4, -0.2) is 6.04 Å². The average molecular weight is 193 g/mol. The third kappa shape index (κ3) is 2.20. The predicted molar refractivity (Wildman–Crippen MR) is 58.0 cm³/mol. The lowest BCUT2D eigenvalue weighted by Crippen LogP contribution is -2.28. The largest absolute Gasteiger partial charge is 0.307 e. The molecule has 0 bridgehead atoms. The molecular formula is C11H15NS. The molecule has 0 saturated carbocycles. The first kappa shape index (κ1) is 8.97. The fourth-order valence-corrected chi connectivity index (χ4v) is 2.48. The molecule has 0 fully saturated rings. The Balaban J connectivity index is 1.88. The van der Waals surface area contributed by atoms with Gasteiger partial charge < -0.3 is 5.32 Å². The molecule has 1 aliphatic carbocycles. The normalized spacial score (nSPS) is 19.5. The molecule has 1 unspecified atom stereocenters. The number of thiophene rings is 1. The second kappa shape index (κ2) is 4.07. The molecule has 1 aliphatic rings. The molecule has 1 aromatic rings. The summed E-state index contributed by atoms with van der Waals surface area (Å²) in [6.45, 7) is 2.24. The summed E-state index contributed by atoms with van der Waals surface area (Å²) in [5.74, 6) is 0. The van der Waals surface area contributed by atoms with E-state index in [2.05, 4.69) is 41.2 Å². The molecule has 0 spiro atoms. The first-order chi connectivity index (χ1) is 6.36. The molecule has 70 valence electrons. The maximum Gasteiger partial charge on any atom is 0.0302 e. The monoisotopic (exact) mass is 193 g/mol. The highest BCUT2D eigenvalue weighted by Crippen LogP contribution is 2.19. The summed E-state index contributed by atoms with van der Waals surface area (Å²) in [6, 6.07) is 3.36. The van der Waals surface area contributed by atoms with Crippen LogP contribution < -0.4 is 5.32 Å². The maximum absolute atomic E-state index is 3.63. The van der Waals surface area contributed by atoms with E-state index >= 15 is 0 Å². The van der Waals surface area contributed by atoms with Crippen LogP contribution in [0.3, 0.4) is 0 Å². The molecular weight excluding hydrogens is 178 g/mol. The van der Waals surface area contributed by atoms with Gasteiger partial charge in [-0.1, -0.05) is 12.2 Å². The van der Waals surface area contributed by atoms with Gasteiger partial charge in [0.25, 0.3) is 0 Å². The molecule has 0 amide bonds. The smallest absolute Gasteiger partial charge is 0.0302 e. The fraction of sp³-hybridized carbons (Fsp3) is 0.455. The van der Waals surface area contributed by atoms with Crippen molar-refractivity contribution in [2.75, 3.05) is 0 Å². The Kier molecular flexibility index (Phi) is 2.81. The van der Waals surface area contributed by atoms with Gasteiger partial charge in [-0.2, -0.15) is 11.3 Å². The van der Waals surface area contributed by atoms with Gasteiger partial charge in [0.2, 0.25) is 0 Å². The highest BCUT2D eigenvalue weighted by molar-refractivity contribution is 7.07. The topological polar surface area (TPSA) is 12.0 Å². The zero-order valence-corrected chi connectivity index (χ0v) is 8.68. The summed E-state index contributed by atoms with van der Waals surface area (Å²) < 4.78 is 0. The minimum atomic E-state index is 0.496. The lowest BCUT2D eigenvalue weighted by Gasteiger charge is -2.18. The maximum atomic E-state index is 3.63. The van der Waals surface area contributed by atoms with Crippen molar-refractivity contribution < 1.29 is 0 Å². The van der Waals surface area contributed by atoms with E-state index in [1.165, 1.54) is 18.4 Å². The molecule has 0 radical (unpaired) electrons. The Hall–Kier alpha value is -0.600. The molecule has 13 heavy (non-hydrogen) atoms. The Labute approximate surface area is 83.5 Å². The van der Waals surface area contributed by atoms with Gasteiger partial charge in [0.05, 0.1) is 0 Å². The zero-order valence-electron chi connectivity index (χ0n) is 7.86. The van der Waals surface area contributed by atoms with Crippen LogP contribution in [0.5, 0.6) is 0 Å². The third-order valence-corrected chi connectivity index (χ3v) is 3.24. The van der Waals surface area contributed by atoms with Crippen LogP contribution in [0, 0.1) is 0 Å². The van der Waals surface area contributed by atoms with E-state index in [9.17, 15) is 0 Å². The van der Waals surface area contributed by atoms with E-state index in [-0.39, 0.29) is 0 Å². The fourth-order valence-electron chi connectivity index (χ4n) is 1.72. The minimum absolute atomic E-state index is 0.496. The summed E-state index contributed by atoms with van der Waals surface area (Å²) in [6.07, 6.45) is 6.90. The quantitative estimate of drug-likeness (QED) is 0.727. The van der Waals surface area contributed by atoms with Crippen LogP contribution >= 0.6 is 11.3 Å². The predicted octanol–water partition coefficient (Wildman–Crippen LogP) is 3.12. The van der Waals surface area contributed by atoms with E-state index in [1.54, 1.807) is 11.3 Å². The molecule has 1 nitrogen and oxygen atoms in total. The van der Waals surface area contributed by atoms with E-state index in [0.29, 0.717) is 12.1 Å². The summed E-state index contributed by atoms with van der Waals surface area (Å²) in [5.41, 5.74) is 1.41. The second-order valence-corrected chi connectivity index (χ2v) is 4.36. The SMILES string of the molecule is CC(NC1CC=CC1)c1ccsc1. The van der Waals surface area contributed by atoms with Gasteiger partial charge in [-0.15, -0.1) is 0 Å². The van der Waals surface area contributed by atoms with Gasteiger partial charge in [0.15, 0.2) is 0 Å². The highest BCUT2D eigenvalue weighted by atomic mass is 32.1. The van der Waals surface area contributed by atoms with Crippen molar-refractivity contribution >= 4 is 11.3 Å². The summed E-state index contributed by atoms with van der Waals surface area (Å²) in [4.78, 5) is 0. The van der Waals surface area contributed by atoms with Crippen molar-refractivity contribution in [2.45, 2.75) is 31.8 Å². The lowest BCUT2D eigenvalue weighted by atomic mass is 10.1. The van der Waals surface area contributed by atoms with Crippen molar-refractivity contribution in [3.63, 3.8) is 0 Å². The minimum Gasteiger partial charge on any atom is -0.307 e. The van der Waals surface area contributed by atoms with Crippen molar-refractivity contribution in [1.29, 1.82) is 0 Å². The van der Waals surface area contributed by atoms with Crippen LogP contribution in [0.1, 0.15) is 31.4 Å². The van der Waals surface area contributed by atoms with E-state index in [4.69, 9.17) is 0 Å². The van der Waals surface area contributed by atoms with E-state index < -0.39 is 0 Å². The van der Waals surface area contributed by atoms with Crippen molar-refractivity contribution in [1.82, 2.24) is 5.32 Å². The van der Waals surface area contributed by atoms with E-state index in [0.717, 1.165) is 0 Å². The molecule has 0 saturated heterocycles. The molecule has 1 N–H and O–H groups in total. The van der Waals surface area contributed by atoms with Gasteiger partial charge in [0, 0.05) is 12.1 Å². The molecule has 0 aliphatic heterocycles. The first-order valence-corrected chi connectivity index (χ1v) is 5.73. The second-order valence-electron chi connectivity index (χ2n) is 3.58. The standard InChI is InChI=1S/C11H15NS/c1-9(10-6-7-13-8-10)12-11-4-2-3-5-11/h2-3,6-9,11-12H,4-5H2,1H3. The van der Waals surface area contributed by atoms with Gasteiger partial charge >= 0.3 is 0 Å². The van der Waals surface area contributed by atoms with Crippen molar-refractivity contribution in [2.24, 2.45) is 0 Å². The Bertz CT molecular complexity index is 268. The number of hydrogen-bond acceptors (Lipinski definition) is 2. The third-order valence-electron chi connectivity index (χ3n) is 2.54. The molecule has 1 atom stereocenters. The van der Waals surface area contributed by atoms with Gasteiger partial charge in [-0.25, -0.2) is 0 Å². The molecule has 1 heterocycles. The molecule has 2 heteroatoms. The van der Waals surface area contributed by atoms with Gasteiger partial charge in [-0.3, -0.25) is 0 Å². The van der Waals surface area contributed by atoms with Gasteiger partial charge in [-0.05, 0) is 42.2 Å². The van der Waals surface area contributed by atoms with Crippen LogP contribution in [0.4, 0.5) is 0 Å². The lowest BCUT2D eigenvalue weighted by molar-refractivity contribution is 0.472. The van der Waals surface area contributed by atoms with Crippen molar-refractivity contribution in [3.05, 3.63) is 34.5 Å². The van der Waals surface area contributed by atoms with Crippen LogP contribution in [0.15, 0.2) is 29.0 Å². The van der Waals surface area contributed by atoms with Gasteiger partial charge in [0.1, 0.15) is 0 Å². The van der Waals surface area contributed by atoms with Crippen LogP contribution in [0.25, 0.3) is 0 Å². The number of nitrogens with one attached hydrogen (secondary N) is 1. The highest BCUT2D eigenvalue weighted by Gasteiger charge is 2.13. The zero-order chi connectivity index (χ0) is 9.10. The number of rotatable bonds is 3. The summed E-state index contributed by atoms with van der Waals surface area (Å²) in [7, 11) is 0. The van der Waals surface area contributed by atoms with Crippen LogP contribution in [0.2, 0.25) is 0 Å². The summed E-state index contributed by atoms with van der Waals surface area (Å²) >= 11 is 1.77. The molecule has 2 rings (SSSR count). The van der Waals surface area contributed by atoms with E-state index in [1.807, 2.05) is 0 Å². The number of hydrogen-bond donors (Lipinski definition) is 1. The van der Waals surface area contributed by atoms with Crippen molar-refractivity contribution in [3.8, 4) is 0 Å².